The van der Waals surface area contributed by atoms with Crippen LogP contribution in [0.4, 0.5) is 10.3 Å². The Labute approximate surface area is 156 Å². The minimum absolute atomic E-state index is 0.115. The lowest BCUT2D eigenvalue weighted by Gasteiger charge is -2.19. The zero-order valence-electron chi connectivity index (χ0n) is 15.3. The average molecular weight is 370 g/mol. The van der Waals surface area contributed by atoms with Crippen molar-refractivity contribution < 1.29 is 9.13 Å². The van der Waals surface area contributed by atoms with Gasteiger partial charge in [-0.2, -0.15) is 0 Å². The van der Waals surface area contributed by atoms with Gasteiger partial charge in [-0.05, 0) is 37.0 Å². The van der Waals surface area contributed by atoms with Crippen LogP contribution >= 0.6 is 0 Å². The number of fused-ring (bicyclic) bond motifs is 1. The largest absolute Gasteiger partial charge is 0.493 e. The minimum Gasteiger partial charge on any atom is -0.493 e. The van der Waals surface area contributed by atoms with Gasteiger partial charge in [0.2, 0.25) is 5.95 Å². The van der Waals surface area contributed by atoms with Gasteiger partial charge in [0.25, 0.3) is 5.56 Å². The van der Waals surface area contributed by atoms with Gasteiger partial charge in [-0.3, -0.25) is 9.36 Å². The van der Waals surface area contributed by atoms with Crippen molar-refractivity contribution in [2.24, 2.45) is 12.8 Å². The Bertz CT molecular complexity index is 967. The smallest absolute Gasteiger partial charge is 0.262 e. The normalized spacial score (nSPS) is 18.6. The molecule has 142 valence electrons. The van der Waals surface area contributed by atoms with Crippen molar-refractivity contribution in [3.63, 3.8) is 0 Å². The van der Waals surface area contributed by atoms with Crippen molar-refractivity contribution in [1.82, 2.24) is 9.55 Å². The van der Waals surface area contributed by atoms with E-state index < -0.39 is 0 Å². The molecule has 4 rings (SSSR count). The molecular weight excluding hydrogens is 347 g/mol. The fraction of sp³-hybridized carbons (Fsp3) is 0.400. The van der Waals surface area contributed by atoms with Crippen molar-refractivity contribution in [1.29, 1.82) is 0 Å². The maximum absolute atomic E-state index is 14.3. The van der Waals surface area contributed by atoms with Gasteiger partial charge in [0.15, 0.2) is 0 Å². The number of ether oxygens (including phenoxy) is 1. The summed E-state index contributed by atoms with van der Waals surface area (Å²) in [7, 11) is 1.67. The molecule has 2 aromatic rings. The predicted octanol–water partition coefficient (Wildman–Crippen LogP) is 2.36. The van der Waals surface area contributed by atoms with Gasteiger partial charge in [0.1, 0.15) is 11.6 Å². The monoisotopic (exact) mass is 370 g/mol. The molecule has 2 heterocycles. The fourth-order valence-electron chi connectivity index (χ4n) is 3.70. The van der Waals surface area contributed by atoms with Crippen LogP contribution in [-0.4, -0.2) is 22.2 Å². The van der Waals surface area contributed by atoms with Gasteiger partial charge in [-0.15, -0.1) is 0 Å². The number of anilines is 1. The number of halogens is 1. The van der Waals surface area contributed by atoms with E-state index >= 15 is 0 Å². The van der Waals surface area contributed by atoms with E-state index in [9.17, 15) is 9.18 Å². The summed E-state index contributed by atoms with van der Waals surface area (Å²) >= 11 is 0. The van der Waals surface area contributed by atoms with Crippen LogP contribution in [0, 0.1) is 5.82 Å². The lowest BCUT2D eigenvalue weighted by Crippen LogP contribution is -2.27. The summed E-state index contributed by atoms with van der Waals surface area (Å²) in [6.07, 6.45) is 6.75. The zero-order chi connectivity index (χ0) is 19.0. The topological polar surface area (TPSA) is 82.2 Å². The molecule has 7 heteroatoms. The molecule has 0 fully saturated rings. The van der Waals surface area contributed by atoms with Crippen molar-refractivity contribution >= 4 is 11.5 Å². The maximum atomic E-state index is 14.3. The lowest BCUT2D eigenvalue weighted by molar-refractivity contribution is 0.356. The van der Waals surface area contributed by atoms with Crippen LogP contribution in [0.25, 0.3) is 5.57 Å². The molecule has 1 aliphatic heterocycles. The van der Waals surface area contributed by atoms with Crippen LogP contribution in [0.3, 0.4) is 0 Å². The molecule has 1 unspecified atom stereocenters. The van der Waals surface area contributed by atoms with E-state index in [1.165, 1.54) is 10.6 Å². The Morgan fingerprint density at radius 1 is 1.41 bits per heavy atom. The van der Waals surface area contributed by atoms with Crippen molar-refractivity contribution in [3.05, 3.63) is 57.3 Å². The Morgan fingerprint density at radius 3 is 3.04 bits per heavy atom. The molecule has 1 aromatic carbocycles. The number of nitrogens with zero attached hydrogens (tertiary/aromatic N) is 2. The average Bonchev–Trinajstić information content (AvgIpc) is 3.14. The van der Waals surface area contributed by atoms with E-state index in [1.54, 1.807) is 19.3 Å². The van der Waals surface area contributed by atoms with Crippen LogP contribution in [0.1, 0.15) is 36.0 Å². The summed E-state index contributed by atoms with van der Waals surface area (Å²) in [5.41, 5.74) is 8.86. The molecule has 1 aromatic heterocycles. The fourth-order valence-corrected chi connectivity index (χ4v) is 3.70. The number of rotatable bonds is 4. The summed E-state index contributed by atoms with van der Waals surface area (Å²) in [6.45, 7) is 0.811. The van der Waals surface area contributed by atoms with Gasteiger partial charge < -0.3 is 15.8 Å². The third-order valence-electron chi connectivity index (χ3n) is 5.33. The number of nitrogens with two attached hydrogens (primary N) is 1. The summed E-state index contributed by atoms with van der Waals surface area (Å²) in [5.74, 6) is 0.859. The molecule has 0 amide bonds. The Kier molecular flexibility index (Phi) is 4.70. The highest BCUT2D eigenvalue weighted by molar-refractivity contribution is 5.65. The molecule has 1 atom stereocenters. The summed E-state index contributed by atoms with van der Waals surface area (Å²) in [4.78, 5) is 17.2. The Morgan fingerprint density at radius 2 is 2.26 bits per heavy atom. The number of allylic oxidation sites excluding steroid dienone is 1. The van der Waals surface area contributed by atoms with E-state index in [0.29, 0.717) is 30.1 Å². The molecule has 1 aliphatic carbocycles. The second kappa shape index (κ2) is 7.15. The SMILES string of the molecule is Cn1c(NCc2c(F)ccc3c2CCO3)ncc(C2=CCC(N)CC2)c1=O. The standard InChI is InChI=1S/C20H23FN4O2/c1-25-19(26)15(12-2-4-13(22)5-3-12)10-23-20(25)24-11-16-14-8-9-27-18(14)7-6-17(16)21/h2,6-7,10,13H,3-5,8-9,11,22H2,1H3,(H,23,24). The molecule has 2 aliphatic rings. The first kappa shape index (κ1) is 17.7. The van der Waals surface area contributed by atoms with Crippen LogP contribution in [-0.2, 0) is 20.0 Å². The number of hydrogen-bond acceptors (Lipinski definition) is 5. The number of nitrogens with one attached hydrogen (secondary N) is 1. The number of hydrogen-bond donors (Lipinski definition) is 2. The molecule has 0 spiro atoms. The third kappa shape index (κ3) is 3.35. The minimum atomic E-state index is -0.280. The van der Waals surface area contributed by atoms with Crippen LogP contribution in [0.5, 0.6) is 5.75 Å². The van der Waals surface area contributed by atoms with Crippen LogP contribution < -0.4 is 21.3 Å². The number of benzene rings is 1. The summed E-state index contributed by atoms with van der Waals surface area (Å²) in [5, 5.41) is 3.09. The second-order valence-corrected chi connectivity index (χ2v) is 7.08. The molecular formula is C20H23FN4O2. The van der Waals surface area contributed by atoms with Gasteiger partial charge in [-0.25, -0.2) is 9.37 Å². The maximum Gasteiger partial charge on any atom is 0.262 e. The first-order chi connectivity index (χ1) is 13.0. The first-order valence-corrected chi connectivity index (χ1v) is 9.22. The van der Waals surface area contributed by atoms with Gasteiger partial charge in [0, 0.05) is 43.4 Å². The molecule has 0 bridgehead atoms. The summed E-state index contributed by atoms with van der Waals surface area (Å²) in [6, 6.07) is 3.24. The zero-order valence-corrected chi connectivity index (χ0v) is 15.3. The van der Waals surface area contributed by atoms with E-state index in [0.717, 1.165) is 36.1 Å². The van der Waals surface area contributed by atoms with Crippen LogP contribution in [0.15, 0.2) is 29.2 Å². The van der Waals surface area contributed by atoms with Crippen LogP contribution in [0.2, 0.25) is 0 Å². The highest BCUT2D eigenvalue weighted by Gasteiger charge is 2.20. The van der Waals surface area contributed by atoms with E-state index in [4.69, 9.17) is 10.5 Å². The highest BCUT2D eigenvalue weighted by Crippen LogP contribution is 2.30. The lowest BCUT2D eigenvalue weighted by atomic mass is 9.92. The van der Waals surface area contributed by atoms with Gasteiger partial charge >= 0.3 is 0 Å². The molecule has 27 heavy (non-hydrogen) atoms. The third-order valence-corrected chi connectivity index (χ3v) is 5.33. The molecule has 0 saturated carbocycles. The molecule has 3 N–H and O–H groups in total. The van der Waals surface area contributed by atoms with E-state index in [1.807, 2.05) is 6.08 Å². The summed E-state index contributed by atoms with van der Waals surface area (Å²) < 4.78 is 21.2. The molecule has 0 saturated heterocycles. The predicted molar refractivity (Wildman–Crippen MR) is 102 cm³/mol. The number of aromatic nitrogens is 2. The Hall–Kier alpha value is -2.67. The van der Waals surface area contributed by atoms with Crippen molar-refractivity contribution in [3.8, 4) is 5.75 Å². The second-order valence-electron chi connectivity index (χ2n) is 7.08. The van der Waals surface area contributed by atoms with E-state index in [-0.39, 0.29) is 24.0 Å². The quantitative estimate of drug-likeness (QED) is 0.863. The Balaban J connectivity index is 1.57. The molecule has 0 radical (unpaired) electrons. The van der Waals surface area contributed by atoms with Crippen molar-refractivity contribution in [2.75, 3.05) is 11.9 Å². The van der Waals surface area contributed by atoms with E-state index in [2.05, 4.69) is 10.3 Å². The highest BCUT2D eigenvalue weighted by atomic mass is 19.1. The van der Waals surface area contributed by atoms with Gasteiger partial charge in [-0.1, -0.05) is 6.08 Å². The van der Waals surface area contributed by atoms with Gasteiger partial charge in [0.05, 0.1) is 12.2 Å². The molecule has 6 nitrogen and oxygen atoms in total. The first-order valence-electron chi connectivity index (χ1n) is 9.22. The van der Waals surface area contributed by atoms with Crippen molar-refractivity contribution in [2.45, 2.75) is 38.3 Å².